The van der Waals surface area contributed by atoms with Gasteiger partial charge in [0, 0.05) is 6.54 Å². The van der Waals surface area contributed by atoms with Crippen LogP contribution >= 0.6 is 0 Å². The smallest absolute Gasteiger partial charge is 0.320 e. The molecule has 3 nitrogen and oxygen atoms in total. The SMILES string of the molecule is CC(C)(C)OC(=O)CNCc1cccc(C(C)(C)C)c1. The molecule has 0 amide bonds. The van der Waals surface area contributed by atoms with Gasteiger partial charge in [-0.05, 0) is 37.3 Å². The summed E-state index contributed by atoms with van der Waals surface area (Å²) in [5.74, 6) is -0.218. The van der Waals surface area contributed by atoms with Gasteiger partial charge in [0.2, 0.25) is 0 Å². The van der Waals surface area contributed by atoms with Crippen molar-refractivity contribution in [2.75, 3.05) is 6.54 Å². The monoisotopic (exact) mass is 277 g/mol. The molecule has 112 valence electrons. The second-order valence-electron chi connectivity index (χ2n) is 7.14. The second kappa shape index (κ2) is 6.40. The van der Waals surface area contributed by atoms with Crippen LogP contribution in [0.3, 0.4) is 0 Å². The molecule has 0 fully saturated rings. The molecule has 1 rings (SSSR count). The zero-order valence-corrected chi connectivity index (χ0v) is 13.5. The maximum Gasteiger partial charge on any atom is 0.320 e. The average molecular weight is 277 g/mol. The van der Waals surface area contributed by atoms with Crippen LogP contribution in [0.25, 0.3) is 0 Å². The third kappa shape index (κ3) is 6.20. The lowest BCUT2D eigenvalue weighted by Gasteiger charge is -2.20. The Hall–Kier alpha value is -1.35. The summed E-state index contributed by atoms with van der Waals surface area (Å²) in [6.45, 7) is 13.1. The molecule has 0 bridgehead atoms. The molecule has 0 atom stereocenters. The standard InChI is InChI=1S/C17H27NO2/c1-16(2,3)14-9-7-8-13(10-14)11-18-12-15(19)20-17(4,5)6/h7-10,18H,11-12H2,1-6H3. The number of benzene rings is 1. The van der Waals surface area contributed by atoms with Crippen molar-refractivity contribution >= 4 is 5.97 Å². The normalized spacial score (nSPS) is 12.3. The number of ether oxygens (including phenoxy) is 1. The first-order valence-corrected chi connectivity index (χ1v) is 7.10. The summed E-state index contributed by atoms with van der Waals surface area (Å²) in [4.78, 5) is 11.6. The van der Waals surface area contributed by atoms with Crippen LogP contribution in [0.4, 0.5) is 0 Å². The lowest BCUT2D eigenvalue weighted by molar-refractivity contribution is -0.153. The van der Waals surface area contributed by atoms with Gasteiger partial charge in [0.25, 0.3) is 0 Å². The first kappa shape index (κ1) is 16.7. The Balaban J connectivity index is 2.49. The third-order valence-corrected chi connectivity index (χ3v) is 2.81. The highest BCUT2D eigenvalue weighted by atomic mass is 16.6. The number of nitrogens with one attached hydrogen (secondary N) is 1. The van der Waals surface area contributed by atoms with Gasteiger partial charge in [-0.1, -0.05) is 45.0 Å². The van der Waals surface area contributed by atoms with Crippen molar-refractivity contribution in [3.05, 3.63) is 35.4 Å². The minimum Gasteiger partial charge on any atom is -0.459 e. The van der Waals surface area contributed by atoms with Crippen LogP contribution in [-0.4, -0.2) is 18.1 Å². The van der Waals surface area contributed by atoms with E-state index in [9.17, 15) is 4.79 Å². The quantitative estimate of drug-likeness (QED) is 0.857. The molecule has 0 spiro atoms. The van der Waals surface area contributed by atoms with Gasteiger partial charge in [-0.2, -0.15) is 0 Å². The molecule has 1 aromatic carbocycles. The molecule has 0 radical (unpaired) electrons. The van der Waals surface area contributed by atoms with E-state index in [-0.39, 0.29) is 17.9 Å². The fourth-order valence-corrected chi connectivity index (χ4v) is 1.83. The van der Waals surface area contributed by atoms with E-state index in [1.54, 1.807) is 0 Å². The first-order chi connectivity index (χ1) is 9.08. The number of hydrogen-bond donors (Lipinski definition) is 1. The molecule has 3 heteroatoms. The lowest BCUT2D eigenvalue weighted by Crippen LogP contribution is -2.31. The highest BCUT2D eigenvalue weighted by molar-refractivity contribution is 5.72. The molecule has 1 N–H and O–H groups in total. The Morgan fingerprint density at radius 3 is 2.35 bits per heavy atom. The molecule has 0 unspecified atom stereocenters. The largest absolute Gasteiger partial charge is 0.459 e. The summed E-state index contributed by atoms with van der Waals surface area (Å²) >= 11 is 0. The molecule has 1 aromatic rings. The van der Waals surface area contributed by atoms with Crippen molar-refractivity contribution in [3.8, 4) is 0 Å². The molecule has 0 saturated carbocycles. The number of hydrogen-bond acceptors (Lipinski definition) is 3. The lowest BCUT2D eigenvalue weighted by atomic mass is 9.86. The predicted octanol–water partition coefficient (Wildman–Crippen LogP) is 3.42. The highest BCUT2D eigenvalue weighted by Gasteiger charge is 2.16. The summed E-state index contributed by atoms with van der Waals surface area (Å²) in [7, 11) is 0. The predicted molar refractivity (Wildman–Crippen MR) is 82.7 cm³/mol. The molecule has 0 aliphatic heterocycles. The van der Waals surface area contributed by atoms with Crippen LogP contribution in [0.15, 0.2) is 24.3 Å². The fraction of sp³-hybridized carbons (Fsp3) is 0.588. The Morgan fingerprint density at radius 1 is 1.15 bits per heavy atom. The zero-order chi connectivity index (χ0) is 15.4. The third-order valence-electron chi connectivity index (χ3n) is 2.81. The van der Waals surface area contributed by atoms with Crippen molar-refractivity contribution in [1.82, 2.24) is 5.32 Å². The van der Waals surface area contributed by atoms with Crippen LogP contribution in [0.2, 0.25) is 0 Å². The molecule has 0 aromatic heterocycles. The number of carbonyl (C=O) groups excluding carboxylic acids is 1. The maximum absolute atomic E-state index is 11.6. The van der Waals surface area contributed by atoms with Gasteiger partial charge in [0.05, 0.1) is 6.54 Å². The van der Waals surface area contributed by atoms with Gasteiger partial charge in [-0.15, -0.1) is 0 Å². The summed E-state index contributed by atoms with van der Waals surface area (Å²) in [6.07, 6.45) is 0. The van der Waals surface area contributed by atoms with Crippen LogP contribution in [-0.2, 0) is 21.5 Å². The van der Waals surface area contributed by atoms with E-state index < -0.39 is 5.60 Å². The van der Waals surface area contributed by atoms with Crippen LogP contribution < -0.4 is 5.32 Å². The number of esters is 1. The fourth-order valence-electron chi connectivity index (χ4n) is 1.83. The molecular weight excluding hydrogens is 250 g/mol. The second-order valence-corrected chi connectivity index (χ2v) is 7.14. The molecule has 0 heterocycles. The topological polar surface area (TPSA) is 38.3 Å². The summed E-state index contributed by atoms with van der Waals surface area (Å²) < 4.78 is 5.25. The van der Waals surface area contributed by atoms with E-state index in [0.29, 0.717) is 6.54 Å². The van der Waals surface area contributed by atoms with E-state index >= 15 is 0 Å². The van der Waals surface area contributed by atoms with Crippen LogP contribution in [0.1, 0.15) is 52.7 Å². The first-order valence-electron chi connectivity index (χ1n) is 7.10. The maximum atomic E-state index is 11.6. The van der Waals surface area contributed by atoms with Gasteiger partial charge >= 0.3 is 5.97 Å². The van der Waals surface area contributed by atoms with E-state index in [2.05, 4.69) is 50.4 Å². The van der Waals surface area contributed by atoms with Gasteiger partial charge in [-0.3, -0.25) is 4.79 Å². The molecule has 0 aliphatic carbocycles. The van der Waals surface area contributed by atoms with E-state index in [4.69, 9.17) is 4.74 Å². The van der Waals surface area contributed by atoms with E-state index in [0.717, 1.165) is 0 Å². The van der Waals surface area contributed by atoms with E-state index in [1.165, 1.54) is 11.1 Å². The van der Waals surface area contributed by atoms with Crippen LogP contribution in [0.5, 0.6) is 0 Å². The molecular formula is C17H27NO2. The Bertz CT molecular complexity index is 453. The molecule has 0 saturated heterocycles. The minimum atomic E-state index is -0.426. The Labute approximate surface area is 122 Å². The summed E-state index contributed by atoms with van der Waals surface area (Å²) in [6, 6.07) is 8.45. The van der Waals surface area contributed by atoms with Gasteiger partial charge in [-0.25, -0.2) is 0 Å². The number of rotatable bonds is 4. The van der Waals surface area contributed by atoms with Crippen molar-refractivity contribution in [1.29, 1.82) is 0 Å². The van der Waals surface area contributed by atoms with Crippen molar-refractivity contribution in [2.45, 2.75) is 59.1 Å². The number of carbonyl (C=O) groups is 1. The minimum absolute atomic E-state index is 0.140. The average Bonchev–Trinajstić information content (AvgIpc) is 2.25. The van der Waals surface area contributed by atoms with Crippen molar-refractivity contribution in [3.63, 3.8) is 0 Å². The van der Waals surface area contributed by atoms with E-state index in [1.807, 2.05) is 20.8 Å². The van der Waals surface area contributed by atoms with Gasteiger partial charge in [0.1, 0.15) is 5.60 Å². The van der Waals surface area contributed by atoms with Crippen molar-refractivity contribution in [2.24, 2.45) is 0 Å². The van der Waals surface area contributed by atoms with Crippen molar-refractivity contribution < 1.29 is 9.53 Å². The Kier molecular flexibility index (Phi) is 5.35. The molecule has 0 aliphatic rings. The highest BCUT2D eigenvalue weighted by Crippen LogP contribution is 2.22. The molecule has 20 heavy (non-hydrogen) atoms. The summed E-state index contributed by atoms with van der Waals surface area (Å²) in [5, 5.41) is 3.13. The Morgan fingerprint density at radius 2 is 1.80 bits per heavy atom. The summed E-state index contributed by atoms with van der Waals surface area (Å²) in [5.41, 5.74) is 2.20. The van der Waals surface area contributed by atoms with Gasteiger partial charge < -0.3 is 10.1 Å². The zero-order valence-electron chi connectivity index (χ0n) is 13.5. The van der Waals surface area contributed by atoms with Crippen LogP contribution in [0, 0.1) is 0 Å². The van der Waals surface area contributed by atoms with Gasteiger partial charge in [0.15, 0.2) is 0 Å².